The van der Waals surface area contributed by atoms with Gasteiger partial charge in [-0.3, -0.25) is 4.90 Å². The van der Waals surface area contributed by atoms with Gasteiger partial charge in [0.05, 0.1) is 24.9 Å². The number of likely N-dealkylation sites (tertiary alicyclic amines) is 1. The topological polar surface area (TPSA) is 63.9 Å². The molecule has 4 nitrogen and oxygen atoms in total. The number of hydrogen-bond acceptors (Lipinski definition) is 4. The molecule has 1 fully saturated rings. The Kier molecular flexibility index (Phi) is 4.81. The van der Waals surface area contributed by atoms with Crippen LogP contribution in [0.2, 0.25) is 0 Å². The number of aliphatic hydroxyl groups excluding tert-OH is 3. The Morgan fingerprint density at radius 1 is 1.36 bits per heavy atom. The first-order valence-corrected chi connectivity index (χ1v) is 5.41. The quantitative estimate of drug-likeness (QED) is 0.580. The summed E-state index contributed by atoms with van der Waals surface area (Å²) in [5, 5.41) is 28.2. The number of unbranched alkanes of at least 4 members (excludes halogenated alkanes) is 1. The molecule has 0 aromatic rings. The molecular weight excluding hydrogens is 182 g/mol. The van der Waals surface area contributed by atoms with E-state index in [1.54, 1.807) is 0 Å². The van der Waals surface area contributed by atoms with Gasteiger partial charge in [-0.05, 0) is 19.4 Å². The van der Waals surface area contributed by atoms with Crippen LogP contribution < -0.4 is 0 Å². The maximum absolute atomic E-state index is 9.66. The summed E-state index contributed by atoms with van der Waals surface area (Å²) < 4.78 is 0. The molecule has 1 saturated heterocycles. The van der Waals surface area contributed by atoms with Gasteiger partial charge in [0.1, 0.15) is 0 Å². The van der Waals surface area contributed by atoms with Crippen molar-refractivity contribution >= 4 is 0 Å². The lowest BCUT2D eigenvalue weighted by Crippen LogP contribution is -2.56. The third kappa shape index (κ3) is 2.67. The highest BCUT2D eigenvalue weighted by Gasteiger charge is 2.34. The normalized spacial score (nSPS) is 34.7. The summed E-state index contributed by atoms with van der Waals surface area (Å²) in [5.41, 5.74) is 0. The van der Waals surface area contributed by atoms with E-state index in [9.17, 15) is 10.2 Å². The lowest BCUT2D eigenvalue weighted by Gasteiger charge is -2.40. The summed E-state index contributed by atoms with van der Waals surface area (Å²) in [4.78, 5) is 2.07. The molecule has 1 rings (SSSR count). The summed E-state index contributed by atoms with van der Waals surface area (Å²) >= 11 is 0. The minimum atomic E-state index is -0.800. The van der Waals surface area contributed by atoms with Crippen LogP contribution in [0, 0.1) is 0 Å². The van der Waals surface area contributed by atoms with Crippen LogP contribution in [0.25, 0.3) is 0 Å². The molecule has 0 radical (unpaired) electrons. The minimum Gasteiger partial charge on any atom is -0.395 e. The van der Waals surface area contributed by atoms with Crippen molar-refractivity contribution < 1.29 is 15.3 Å². The van der Waals surface area contributed by atoms with E-state index in [-0.39, 0.29) is 12.6 Å². The van der Waals surface area contributed by atoms with E-state index in [0.29, 0.717) is 6.42 Å². The first-order chi connectivity index (χ1) is 6.70. The summed E-state index contributed by atoms with van der Waals surface area (Å²) in [6.45, 7) is 3.69. The lowest BCUT2D eigenvalue weighted by molar-refractivity contribution is -0.0895. The van der Waals surface area contributed by atoms with Crippen molar-refractivity contribution in [3.05, 3.63) is 0 Å². The van der Waals surface area contributed by atoms with E-state index < -0.39 is 12.2 Å². The van der Waals surface area contributed by atoms with Gasteiger partial charge in [0, 0.05) is 6.54 Å². The van der Waals surface area contributed by atoms with Crippen LogP contribution >= 0.6 is 0 Å². The van der Waals surface area contributed by atoms with E-state index in [4.69, 9.17) is 5.11 Å². The van der Waals surface area contributed by atoms with E-state index in [0.717, 1.165) is 25.9 Å². The smallest absolute Gasteiger partial charge is 0.0976 e. The Hall–Kier alpha value is -0.160. The fourth-order valence-corrected chi connectivity index (χ4v) is 1.97. The second kappa shape index (κ2) is 5.66. The number of rotatable bonds is 4. The Morgan fingerprint density at radius 3 is 2.64 bits per heavy atom. The molecule has 0 aromatic carbocycles. The number of nitrogens with zero attached hydrogens (tertiary/aromatic N) is 1. The molecule has 0 amide bonds. The molecule has 3 N–H and O–H groups in total. The molecule has 14 heavy (non-hydrogen) atoms. The molecule has 3 atom stereocenters. The number of piperidine rings is 1. The molecule has 0 aliphatic carbocycles. The summed E-state index contributed by atoms with van der Waals surface area (Å²) in [6, 6.07) is -0.287. The fraction of sp³-hybridized carbons (Fsp3) is 1.00. The Labute approximate surface area is 85.2 Å². The standard InChI is InChI=1S/C10H21NO3/c1-2-3-5-11-6-4-9(13)10(14)8(11)7-12/h8-10,12-14H,2-7H2,1H3/t8-,9-,10+/m0/s1. The van der Waals surface area contributed by atoms with Crippen molar-refractivity contribution in [2.45, 2.75) is 44.4 Å². The van der Waals surface area contributed by atoms with E-state index in [2.05, 4.69) is 11.8 Å². The predicted molar refractivity (Wildman–Crippen MR) is 54.0 cm³/mol. The van der Waals surface area contributed by atoms with Gasteiger partial charge in [-0.2, -0.15) is 0 Å². The average molecular weight is 203 g/mol. The van der Waals surface area contributed by atoms with E-state index >= 15 is 0 Å². The highest BCUT2D eigenvalue weighted by molar-refractivity contribution is 4.88. The fourth-order valence-electron chi connectivity index (χ4n) is 1.97. The molecule has 0 aromatic heterocycles. The van der Waals surface area contributed by atoms with Gasteiger partial charge >= 0.3 is 0 Å². The Balaban J connectivity index is 2.48. The van der Waals surface area contributed by atoms with Gasteiger partial charge in [0.15, 0.2) is 0 Å². The zero-order valence-electron chi connectivity index (χ0n) is 8.76. The highest BCUT2D eigenvalue weighted by Crippen LogP contribution is 2.18. The summed E-state index contributed by atoms with van der Waals surface area (Å²) in [6.07, 6.45) is 1.30. The lowest BCUT2D eigenvalue weighted by atomic mass is 9.96. The molecule has 1 aliphatic rings. The number of aliphatic hydroxyl groups is 3. The molecular formula is C10H21NO3. The van der Waals surface area contributed by atoms with Gasteiger partial charge in [-0.15, -0.1) is 0 Å². The average Bonchev–Trinajstić information content (AvgIpc) is 2.20. The van der Waals surface area contributed by atoms with E-state index in [1.807, 2.05) is 0 Å². The van der Waals surface area contributed by atoms with Gasteiger partial charge < -0.3 is 15.3 Å². The molecule has 1 aliphatic heterocycles. The zero-order valence-corrected chi connectivity index (χ0v) is 8.76. The molecule has 0 bridgehead atoms. The number of hydrogen-bond donors (Lipinski definition) is 3. The maximum atomic E-state index is 9.66. The molecule has 0 spiro atoms. The van der Waals surface area contributed by atoms with Crippen molar-refractivity contribution in [2.24, 2.45) is 0 Å². The first-order valence-electron chi connectivity index (χ1n) is 5.41. The van der Waals surface area contributed by atoms with Crippen molar-refractivity contribution in [1.29, 1.82) is 0 Å². The van der Waals surface area contributed by atoms with Crippen LogP contribution in [0.15, 0.2) is 0 Å². The molecule has 4 heteroatoms. The van der Waals surface area contributed by atoms with Crippen LogP contribution in [-0.2, 0) is 0 Å². The second-order valence-electron chi connectivity index (χ2n) is 3.99. The van der Waals surface area contributed by atoms with Crippen molar-refractivity contribution in [2.75, 3.05) is 19.7 Å². The van der Waals surface area contributed by atoms with Crippen molar-refractivity contribution in [1.82, 2.24) is 4.90 Å². The SMILES string of the molecule is CCCCN1CC[C@H](O)[C@H](O)[C@@H]1CO. The third-order valence-electron chi connectivity index (χ3n) is 2.96. The monoisotopic (exact) mass is 203 g/mol. The van der Waals surface area contributed by atoms with Gasteiger partial charge in [-0.25, -0.2) is 0 Å². The minimum absolute atomic E-state index is 0.0814. The summed E-state index contributed by atoms with van der Waals surface area (Å²) in [7, 11) is 0. The maximum Gasteiger partial charge on any atom is 0.0976 e. The molecule has 0 saturated carbocycles. The largest absolute Gasteiger partial charge is 0.395 e. The van der Waals surface area contributed by atoms with Crippen LogP contribution in [0.1, 0.15) is 26.2 Å². The summed E-state index contributed by atoms with van der Waals surface area (Å²) in [5.74, 6) is 0. The Bertz CT molecular complexity index is 163. The molecule has 84 valence electrons. The second-order valence-corrected chi connectivity index (χ2v) is 3.99. The third-order valence-corrected chi connectivity index (χ3v) is 2.96. The zero-order chi connectivity index (χ0) is 10.6. The van der Waals surface area contributed by atoms with Crippen LogP contribution in [0.3, 0.4) is 0 Å². The predicted octanol–water partition coefficient (Wildman–Crippen LogP) is -0.425. The molecule has 1 heterocycles. The van der Waals surface area contributed by atoms with Crippen molar-refractivity contribution in [3.63, 3.8) is 0 Å². The van der Waals surface area contributed by atoms with Gasteiger partial charge in [-0.1, -0.05) is 13.3 Å². The van der Waals surface area contributed by atoms with E-state index in [1.165, 1.54) is 0 Å². The van der Waals surface area contributed by atoms with Crippen LogP contribution in [0.5, 0.6) is 0 Å². The Morgan fingerprint density at radius 2 is 2.07 bits per heavy atom. The van der Waals surface area contributed by atoms with Gasteiger partial charge in [0.25, 0.3) is 0 Å². The highest BCUT2D eigenvalue weighted by atomic mass is 16.3. The van der Waals surface area contributed by atoms with Crippen LogP contribution in [0.4, 0.5) is 0 Å². The van der Waals surface area contributed by atoms with Crippen molar-refractivity contribution in [3.8, 4) is 0 Å². The van der Waals surface area contributed by atoms with Gasteiger partial charge in [0.2, 0.25) is 0 Å². The van der Waals surface area contributed by atoms with Crippen LogP contribution in [-0.4, -0.2) is 58.2 Å². The first kappa shape index (κ1) is 11.9. The molecule has 0 unspecified atom stereocenters.